The van der Waals surface area contributed by atoms with Crippen molar-refractivity contribution in [2.45, 2.75) is 6.92 Å². The minimum Gasteiger partial charge on any atom is -0.380 e. The molecule has 0 atom stereocenters. The van der Waals surface area contributed by atoms with Gasteiger partial charge in [-0.3, -0.25) is 0 Å². The third kappa shape index (κ3) is 2.06. The number of aryl methyl sites for hydroxylation is 1. The Morgan fingerprint density at radius 1 is 1.00 bits per heavy atom. The fraction of sp³-hybridized carbons (Fsp3) is 0.0625. The number of benzene rings is 2. The van der Waals surface area contributed by atoms with Crippen molar-refractivity contribution in [3.8, 4) is 22.5 Å². The van der Waals surface area contributed by atoms with Crippen LogP contribution in [0, 0.1) is 6.92 Å². The lowest BCUT2D eigenvalue weighted by Crippen LogP contribution is -1.90. The lowest BCUT2D eigenvalue weighted by Gasteiger charge is -2.06. The average molecular weight is 285 g/mol. The van der Waals surface area contributed by atoms with Gasteiger partial charge in [0.25, 0.3) is 0 Å². The minimum atomic E-state index is 0.344. The first-order valence-electron chi connectivity index (χ1n) is 6.24. The number of anilines is 1. The Balaban J connectivity index is 2.26. The standard InChI is InChI=1S/C16H13ClN2O/c1-10-6-2-3-7-11(10)15-14(16(18)19-20-15)12-8-4-5-9-13(12)17/h2-9H,1H3,(H2,18,19). The summed E-state index contributed by atoms with van der Waals surface area (Å²) in [5, 5.41) is 4.52. The second kappa shape index (κ2) is 5.02. The van der Waals surface area contributed by atoms with E-state index in [2.05, 4.69) is 5.16 Å². The average Bonchev–Trinajstić information content (AvgIpc) is 2.82. The highest BCUT2D eigenvalue weighted by Gasteiger charge is 2.20. The lowest BCUT2D eigenvalue weighted by molar-refractivity contribution is 0.436. The third-order valence-corrected chi connectivity index (χ3v) is 3.58. The van der Waals surface area contributed by atoms with Gasteiger partial charge in [0.1, 0.15) is 0 Å². The third-order valence-electron chi connectivity index (χ3n) is 3.25. The van der Waals surface area contributed by atoms with Gasteiger partial charge < -0.3 is 10.3 Å². The Morgan fingerprint density at radius 3 is 2.35 bits per heavy atom. The summed E-state index contributed by atoms with van der Waals surface area (Å²) in [6.07, 6.45) is 0. The quantitative estimate of drug-likeness (QED) is 0.751. The molecule has 100 valence electrons. The van der Waals surface area contributed by atoms with E-state index in [1.165, 1.54) is 0 Å². The largest absolute Gasteiger partial charge is 0.380 e. The van der Waals surface area contributed by atoms with Crippen LogP contribution in [0.25, 0.3) is 22.5 Å². The van der Waals surface area contributed by atoms with Gasteiger partial charge in [0.2, 0.25) is 0 Å². The maximum Gasteiger partial charge on any atom is 0.177 e. The maximum atomic E-state index is 6.26. The van der Waals surface area contributed by atoms with E-state index in [1.54, 1.807) is 0 Å². The number of nitrogens with zero attached hydrogens (tertiary/aromatic N) is 1. The first-order valence-corrected chi connectivity index (χ1v) is 6.62. The minimum absolute atomic E-state index is 0.344. The van der Waals surface area contributed by atoms with Crippen LogP contribution in [0.15, 0.2) is 53.1 Å². The van der Waals surface area contributed by atoms with Crippen molar-refractivity contribution < 1.29 is 4.52 Å². The molecule has 3 rings (SSSR count). The molecule has 3 aromatic rings. The Labute approximate surface area is 122 Å². The molecule has 0 radical (unpaired) electrons. The van der Waals surface area contributed by atoms with E-state index >= 15 is 0 Å². The van der Waals surface area contributed by atoms with Crippen molar-refractivity contribution >= 4 is 17.4 Å². The highest BCUT2D eigenvalue weighted by atomic mass is 35.5. The highest BCUT2D eigenvalue weighted by Crippen LogP contribution is 2.40. The van der Waals surface area contributed by atoms with Gasteiger partial charge in [-0.15, -0.1) is 0 Å². The molecule has 0 bridgehead atoms. The number of hydrogen-bond acceptors (Lipinski definition) is 3. The van der Waals surface area contributed by atoms with Gasteiger partial charge in [-0.2, -0.15) is 0 Å². The summed E-state index contributed by atoms with van der Waals surface area (Å²) in [5.41, 5.74) is 9.59. The normalized spacial score (nSPS) is 10.7. The molecule has 1 heterocycles. The molecule has 2 aromatic carbocycles. The van der Waals surface area contributed by atoms with Crippen molar-refractivity contribution in [2.75, 3.05) is 5.73 Å². The SMILES string of the molecule is Cc1ccccc1-c1onc(N)c1-c1ccccc1Cl. The van der Waals surface area contributed by atoms with Crippen LogP contribution >= 0.6 is 11.6 Å². The molecule has 0 unspecified atom stereocenters. The second-order valence-corrected chi connectivity index (χ2v) is 4.97. The van der Waals surface area contributed by atoms with E-state index in [1.807, 2.05) is 55.5 Å². The van der Waals surface area contributed by atoms with E-state index < -0.39 is 0 Å². The van der Waals surface area contributed by atoms with Crippen molar-refractivity contribution in [3.05, 3.63) is 59.1 Å². The van der Waals surface area contributed by atoms with Gasteiger partial charge in [0.15, 0.2) is 11.6 Å². The van der Waals surface area contributed by atoms with E-state index in [0.29, 0.717) is 16.6 Å². The van der Waals surface area contributed by atoms with Gasteiger partial charge in [-0.05, 0) is 18.6 Å². The predicted molar refractivity (Wildman–Crippen MR) is 81.5 cm³/mol. The van der Waals surface area contributed by atoms with Crippen molar-refractivity contribution in [3.63, 3.8) is 0 Å². The van der Waals surface area contributed by atoms with E-state index in [4.69, 9.17) is 21.9 Å². The Hall–Kier alpha value is -2.26. The number of rotatable bonds is 2. The fourth-order valence-electron chi connectivity index (χ4n) is 2.24. The Kier molecular flexibility index (Phi) is 3.20. The molecule has 0 amide bonds. The van der Waals surface area contributed by atoms with Gasteiger partial charge in [-0.1, -0.05) is 59.2 Å². The molecule has 0 spiro atoms. The van der Waals surface area contributed by atoms with Crippen LogP contribution < -0.4 is 5.73 Å². The van der Waals surface area contributed by atoms with E-state index in [9.17, 15) is 0 Å². The van der Waals surface area contributed by atoms with Crippen LogP contribution in [0.2, 0.25) is 5.02 Å². The summed E-state index contributed by atoms with van der Waals surface area (Å²) in [6.45, 7) is 2.02. The second-order valence-electron chi connectivity index (χ2n) is 4.57. The summed E-state index contributed by atoms with van der Waals surface area (Å²) in [7, 11) is 0. The van der Waals surface area contributed by atoms with Crippen molar-refractivity contribution in [1.29, 1.82) is 0 Å². The molecule has 0 saturated heterocycles. The van der Waals surface area contributed by atoms with Crippen LogP contribution in [0.5, 0.6) is 0 Å². The zero-order chi connectivity index (χ0) is 14.1. The van der Waals surface area contributed by atoms with E-state index in [-0.39, 0.29) is 0 Å². The lowest BCUT2D eigenvalue weighted by atomic mass is 9.99. The summed E-state index contributed by atoms with van der Waals surface area (Å²) in [6, 6.07) is 15.5. The summed E-state index contributed by atoms with van der Waals surface area (Å²) >= 11 is 6.26. The number of nitrogen functional groups attached to an aromatic ring is 1. The molecule has 0 fully saturated rings. The molecule has 0 aliphatic carbocycles. The molecule has 1 aromatic heterocycles. The van der Waals surface area contributed by atoms with Crippen LogP contribution in [-0.2, 0) is 0 Å². The maximum absolute atomic E-state index is 6.26. The molecule has 3 nitrogen and oxygen atoms in total. The fourth-order valence-corrected chi connectivity index (χ4v) is 2.47. The van der Waals surface area contributed by atoms with Crippen LogP contribution in [0.4, 0.5) is 5.82 Å². The van der Waals surface area contributed by atoms with Gasteiger partial charge >= 0.3 is 0 Å². The first-order chi connectivity index (χ1) is 9.68. The molecule has 2 N–H and O–H groups in total. The van der Waals surface area contributed by atoms with Gasteiger partial charge in [-0.25, -0.2) is 0 Å². The van der Waals surface area contributed by atoms with Crippen LogP contribution in [-0.4, -0.2) is 5.16 Å². The zero-order valence-corrected chi connectivity index (χ0v) is 11.7. The smallest absolute Gasteiger partial charge is 0.177 e. The molecular formula is C16H13ClN2O. The summed E-state index contributed by atoms with van der Waals surface area (Å²) < 4.78 is 5.44. The number of aromatic nitrogens is 1. The molecular weight excluding hydrogens is 272 g/mol. The van der Waals surface area contributed by atoms with Gasteiger partial charge in [0.05, 0.1) is 5.56 Å². The monoisotopic (exact) mass is 284 g/mol. The Bertz CT molecular complexity index is 765. The topological polar surface area (TPSA) is 52.0 Å². The summed E-state index contributed by atoms with van der Waals surface area (Å²) in [4.78, 5) is 0. The number of nitrogens with two attached hydrogens (primary N) is 1. The Morgan fingerprint density at radius 2 is 1.65 bits per heavy atom. The van der Waals surface area contributed by atoms with Crippen LogP contribution in [0.1, 0.15) is 5.56 Å². The molecule has 0 aliphatic heterocycles. The van der Waals surface area contributed by atoms with Crippen molar-refractivity contribution in [1.82, 2.24) is 5.16 Å². The first kappa shape index (κ1) is 12.8. The number of hydrogen-bond donors (Lipinski definition) is 1. The highest BCUT2D eigenvalue weighted by molar-refractivity contribution is 6.33. The zero-order valence-electron chi connectivity index (χ0n) is 10.9. The van der Waals surface area contributed by atoms with Crippen LogP contribution in [0.3, 0.4) is 0 Å². The molecule has 0 aliphatic rings. The molecule has 20 heavy (non-hydrogen) atoms. The van der Waals surface area contributed by atoms with Crippen molar-refractivity contribution in [2.24, 2.45) is 0 Å². The molecule has 4 heteroatoms. The van der Waals surface area contributed by atoms with Gasteiger partial charge in [0, 0.05) is 16.1 Å². The number of halogens is 1. The predicted octanol–water partition coefficient (Wildman–Crippen LogP) is 4.55. The summed E-state index contributed by atoms with van der Waals surface area (Å²) in [5.74, 6) is 0.991. The molecule has 0 saturated carbocycles. The van der Waals surface area contributed by atoms with E-state index in [0.717, 1.165) is 22.3 Å².